The largest absolute Gasteiger partial charge is 0.477 e. The van der Waals surface area contributed by atoms with Crippen LogP contribution in [-0.2, 0) is 33.3 Å². The fourth-order valence-electron chi connectivity index (χ4n) is 9.42. The number of hydrogen-bond donors (Lipinski definition) is 1. The molecule has 0 bridgehead atoms. The Bertz CT molecular complexity index is 1190. The molecule has 9 heteroatoms. The Labute approximate surface area is 446 Å². The molecule has 0 heterocycles. The normalized spacial score (nSPS) is 12.7. The number of allylic oxidation sites excluding steroid dienone is 2. The highest BCUT2D eigenvalue weighted by Crippen LogP contribution is 2.18. The average Bonchev–Trinajstić information content (AvgIpc) is 3.35. The summed E-state index contributed by atoms with van der Waals surface area (Å²) in [6.45, 7) is 4.90. The van der Waals surface area contributed by atoms with Gasteiger partial charge in [0.1, 0.15) is 13.2 Å². The molecule has 0 aliphatic rings. The van der Waals surface area contributed by atoms with Gasteiger partial charge in [-0.2, -0.15) is 0 Å². The summed E-state index contributed by atoms with van der Waals surface area (Å²) in [6, 6.07) is 0. The Kier molecular flexibility index (Phi) is 53.8. The predicted octanol–water partition coefficient (Wildman–Crippen LogP) is 18.5. The van der Waals surface area contributed by atoms with E-state index >= 15 is 0 Å². The van der Waals surface area contributed by atoms with Gasteiger partial charge in [0.15, 0.2) is 6.10 Å². The molecular weight excluding hydrogens is 899 g/mol. The van der Waals surface area contributed by atoms with Gasteiger partial charge in [0.2, 0.25) is 0 Å². The summed E-state index contributed by atoms with van der Waals surface area (Å²) in [5.41, 5.74) is 0. The van der Waals surface area contributed by atoms with E-state index in [1.54, 1.807) is 0 Å². The van der Waals surface area contributed by atoms with Crippen molar-refractivity contribution in [2.75, 3.05) is 47.5 Å². The molecule has 0 rings (SSSR count). The number of nitrogens with zero attached hydrogens (tertiary/aromatic N) is 1. The zero-order valence-electron chi connectivity index (χ0n) is 48.6. The molecule has 72 heavy (non-hydrogen) atoms. The molecule has 0 aliphatic heterocycles. The average molecular weight is 1020 g/mol. The van der Waals surface area contributed by atoms with E-state index in [-0.39, 0.29) is 32.2 Å². The second kappa shape index (κ2) is 55.3. The van der Waals surface area contributed by atoms with E-state index in [9.17, 15) is 19.5 Å². The number of rotatable bonds is 59. The van der Waals surface area contributed by atoms with Crippen LogP contribution >= 0.6 is 0 Å². The van der Waals surface area contributed by atoms with Crippen LogP contribution in [0.15, 0.2) is 12.2 Å². The molecule has 0 spiro atoms. The number of likely N-dealkylation sites (N-methyl/N-ethyl adjacent to an activating group) is 1. The maximum absolute atomic E-state index is 12.8. The van der Waals surface area contributed by atoms with E-state index in [1.807, 2.05) is 21.1 Å². The third kappa shape index (κ3) is 55.8. The van der Waals surface area contributed by atoms with Crippen molar-refractivity contribution in [3.63, 3.8) is 0 Å². The van der Waals surface area contributed by atoms with Crippen molar-refractivity contribution in [3.05, 3.63) is 12.2 Å². The molecule has 0 saturated heterocycles. The number of ether oxygens (including phenoxy) is 4. The first-order valence-electron chi connectivity index (χ1n) is 31.4. The fraction of sp³-hybridized carbons (Fsp3) is 0.921. The maximum atomic E-state index is 12.8. The first-order chi connectivity index (χ1) is 35.1. The molecule has 1 N–H and O–H groups in total. The van der Waals surface area contributed by atoms with Crippen LogP contribution in [0.3, 0.4) is 0 Å². The number of unbranched alkanes of at least 4 members (excludes halogenated alkanes) is 42. The summed E-state index contributed by atoms with van der Waals surface area (Å²) in [6.07, 6.45) is 61.9. The van der Waals surface area contributed by atoms with Crippen LogP contribution in [0.2, 0.25) is 0 Å². The minimum atomic E-state index is -1.51. The molecule has 0 radical (unpaired) electrons. The molecular formula is C63H122NO8+. The number of esters is 2. The molecule has 0 fully saturated rings. The maximum Gasteiger partial charge on any atom is 0.361 e. The van der Waals surface area contributed by atoms with Gasteiger partial charge in [-0.05, 0) is 38.5 Å². The zero-order chi connectivity index (χ0) is 52.7. The van der Waals surface area contributed by atoms with Crippen molar-refractivity contribution >= 4 is 17.9 Å². The first kappa shape index (κ1) is 70.0. The van der Waals surface area contributed by atoms with Gasteiger partial charge >= 0.3 is 17.9 Å². The molecule has 0 aromatic carbocycles. The lowest BCUT2D eigenvalue weighted by Crippen LogP contribution is -2.40. The number of carboxylic acid groups (broad SMARTS) is 1. The van der Waals surface area contributed by atoms with E-state index < -0.39 is 24.3 Å². The summed E-state index contributed by atoms with van der Waals surface area (Å²) in [7, 11) is 5.97. The third-order valence-electron chi connectivity index (χ3n) is 14.3. The minimum absolute atomic E-state index is 0.179. The van der Waals surface area contributed by atoms with Crippen molar-refractivity contribution in [2.24, 2.45) is 0 Å². The standard InChI is InChI=1S/C63H121NO8/c1-6-8-10-12-14-16-18-20-21-22-23-24-25-26-27-28-29-30-31-32-33-34-35-36-37-38-39-40-42-43-45-47-49-51-53-60(65)70-57-59(58-71-63(62(67)68)69-56-55-64(3,4)5)72-61(66)54-52-50-48-46-44-41-19-17-15-13-11-9-7-2/h17,19,59,63H,6-16,18,20-58H2,1-5H3/p+1/b19-17-. The number of quaternary nitrogens is 1. The second-order valence-corrected chi connectivity index (χ2v) is 22.7. The van der Waals surface area contributed by atoms with E-state index in [2.05, 4.69) is 26.0 Å². The van der Waals surface area contributed by atoms with E-state index in [4.69, 9.17) is 18.9 Å². The van der Waals surface area contributed by atoms with E-state index in [1.165, 1.54) is 231 Å². The van der Waals surface area contributed by atoms with E-state index in [0.717, 1.165) is 51.4 Å². The lowest BCUT2D eigenvalue weighted by atomic mass is 10.0. The van der Waals surface area contributed by atoms with Crippen molar-refractivity contribution < 1.29 is 42.9 Å². The molecule has 0 aromatic heterocycles. The van der Waals surface area contributed by atoms with E-state index in [0.29, 0.717) is 23.9 Å². The molecule has 2 atom stereocenters. The summed E-state index contributed by atoms with van der Waals surface area (Å²) in [5.74, 6) is -2.00. The van der Waals surface area contributed by atoms with Crippen LogP contribution in [0, 0.1) is 0 Å². The van der Waals surface area contributed by atoms with Crippen LogP contribution < -0.4 is 0 Å². The predicted molar refractivity (Wildman–Crippen MR) is 305 cm³/mol. The zero-order valence-corrected chi connectivity index (χ0v) is 48.6. The quantitative estimate of drug-likeness (QED) is 0.0211. The van der Waals surface area contributed by atoms with Crippen molar-refractivity contribution in [3.8, 4) is 0 Å². The molecule has 0 aromatic rings. The third-order valence-corrected chi connectivity index (χ3v) is 14.3. The van der Waals surface area contributed by atoms with Gasteiger partial charge in [-0.1, -0.05) is 276 Å². The Morgan fingerprint density at radius 3 is 1.04 bits per heavy atom. The summed E-state index contributed by atoms with van der Waals surface area (Å²) >= 11 is 0. The Balaban J connectivity index is 3.95. The van der Waals surface area contributed by atoms with Crippen molar-refractivity contribution in [1.29, 1.82) is 0 Å². The highest BCUT2D eigenvalue weighted by atomic mass is 16.7. The van der Waals surface area contributed by atoms with Crippen molar-refractivity contribution in [1.82, 2.24) is 0 Å². The number of aliphatic carboxylic acids is 1. The van der Waals surface area contributed by atoms with Gasteiger partial charge in [-0.3, -0.25) is 9.59 Å². The smallest absolute Gasteiger partial charge is 0.361 e. The monoisotopic (exact) mass is 1020 g/mol. The van der Waals surface area contributed by atoms with Gasteiger partial charge in [-0.25, -0.2) is 4.79 Å². The second-order valence-electron chi connectivity index (χ2n) is 22.7. The Morgan fingerprint density at radius 1 is 0.403 bits per heavy atom. The molecule has 2 unspecified atom stereocenters. The van der Waals surface area contributed by atoms with Crippen LogP contribution in [0.4, 0.5) is 0 Å². The SMILES string of the molecule is CCCCCC/C=C\CCCCCCCC(=O)OC(COC(=O)CCCCCCCCCCCCCCCCCCCCCCCCCCCCCCCCCCCC)COC(OCC[N+](C)(C)C)C(=O)O. The lowest BCUT2D eigenvalue weighted by Gasteiger charge is -2.25. The highest BCUT2D eigenvalue weighted by Gasteiger charge is 2.25. The van der Waals surface area contributed by atoms with Gasteiger partial charge in [0, 0.05) is 12.8 Å². The Morgan fingerprint density at radius 2 is 0.708 bits per heavy atom. The van der Waals surface area contributed by atoms with Crippen LogP contribution in [0.25, 0.3) is 0 Å². The van der Waals surface area contributed by atoms with Crippen molar-refractivity contribution in [2.45, 2.75) is 328 Å². The summed E-state index contributed by atoms with van der Waals surface area (Å²) < 4.78 is 22.9. The first-order valence-corrected chi connectivity index (χ1v) is 31.4. The molecule has 0 aliphatic carbocycles. The minimum Gasteiger partial charge on any atom is -0.477 e. The summed E-state index contributed by atoms with van der Waals surface area (Å²) in [5, 5.41) is 9.68. The van der Waals surface area contributed by atoms with Gasteiger partial charge in [0.25, 0.3) is 6.29 Å². The van der Waals surface area contributed by atoms with Gasteiger partial charge in [0.05, 0.1) is 34.4 Å². The molecule has 426 valence electrons. The number of carbonyl (C=O) groups is 3. The Hall–Kier alpha value is -1.97. The van der Waals surface area contributed by atoms with Crippen LogP contribution in [0.5, 0.6) is 0 Å². The van der Waals surface area contributed by atoms with Crippen LogP contribution in [0.1, 0.15) is 316 Å². The summed E-state index contributed by atoms with van der Waals surface area (Å²) in [4.78, 5) is 37.3. The fourth-order valence-corrected chi connectivity index (χ4v) is 9.42. The van der Waals surface area contributed by atoms with Crippen LogP contribution in [-0.4, -0.2) is 87.4 Å². The molecule has 0 amide bonds. The topological polar surface area (TPSA) is 108 Å². The molecule has 9 nitrogen and oxygen atoms in total. The number of carbonyl (C=O) groups excluding carboxylic acids is 2. The highest BCUT2D eigenvalue weighted by molar-refractivity contribution is 5.71. The van der Waals surface area contributed by atoms with Gasteiger partial charge < -0.3 is 28.5 Å². The number of hydrogen-bond acceptors (Lipinski definition) is 7. The lowest BCUT2D eigenvalue weighted by molar-refractivity contribution is -0.870. The number of carboxylic acids is 1. The van der Waals surface area contributed by atoms with Gasteiger partial charge in [-0.15, -0.1) is 0 Å². The molecule has 0 saturated carbocycles.